The van der Waals surface area contributed by atoms with Crippen molar-refractivity contribution in [1.29, 1.82) is 0 Å². The fraction of sp³-hybridized carbons (Fsp3) is 1.00. The first-order valence-corrected chi connectivity index (χ1v) is 12.3. The van der Waals surface area contributed by atoms with Crippen LogP contribution in [0.25, 0.3) is 0 Å². The van der Waals surface area contributed by atoms with Crippen molar-refractivity contribution in [2.75, 3.05) is 0 Å². The molecule has 6 heteroatoms. The lowest BCUT2D eigenvalue weighted by Crippen LogP contribution is -2.55. The topological polar surface area (TPSA) is 27.7 Å². The summed E-state index contributed by atoms with van der Waals surface area (Å²) in [5, 5.41) is 0. The summed E-state index contributed by atoms with van der Waals surface area (Å²) in [6.07, 6.45) is 17.0. The van der Waals surface area contributed by atoms with Crippen molar-refractivity contribution >= 4 is 21.4 Å². The quantitative estimate of drug-likeness (QED) is 0.652. The third kappa shape index (κ3) is 2.68. The monoisotopic (exact) mass is 366 g/mol. The number of hydrogen-bond donors (Lipinski definition) is 0. The SMILES string of the molecule is C1CC2CC1CC2B1OB(C2CC3CCC2C3)OB(C2CC3CCC2C3)O1. The maximum Gasteiger partial charge on any atom is 0.433 e. The van der Waals surface area contributed by atoms with Gasteiger partial charge in [-0.1, -0.05) is 38.5 Å². The molecule has 6 aliphatic carbocycles. The molecule has 0 aromatic heterocycles. The molecule has 0 spiro atoms. The molecule has 1 heterocycles. The van der Waals surface area contributed by atoms with E-state index in [0.29, 0.717) is 17.5 Å². The van der Waals surface area contributed by atoms with E-state index in [1.807, 2.05) is 0 Å². The highest BCUT2D eigenvalue weighted by molar-refractivity contribution is 6.75. The van der Waals surface area contributed by atoms with Gasteiger partial charge in [0.25, 0.3) is 0 Å². The molecule has 0 N–H and O–H groups in total. The number of hydrogen-bond acceptors (Lipinski definition) is 3. The van der Waals surface area contributed by atoms with E-state index in [1.54, 1.807) is 0 Å². The maximum atomic E-state index is 6.69. The molecule has 0 amide bonds. The molecule has 0 radical (unpaired) electrons. The van der Waals surface area contributed by atoms with Crippen LogP contribution in [0.1, 0.15) is 77.0 Å². The van der Waals surface area contributed by atoms with Gasteiger partial charge in [0.1, 0.15) is 0 Å². The summed E-state index contributed by atoms with van der Waals surface area (Å²) >= 11 is 0. The summed E-state index contributed by atoms with van der Waals surface area (Å²) in [4.78, 5) is 0. The number of fused-ring (bicyclic) bond motifs is 6. The smallest absolute Gasteiger partial charge is 0.433 e. The van der Waals surface area contributed by atoms with Crippen LogP contribution in [0.15, 0.2) is 0 Å². The van der Waals surface area contributed by atoms with Gasteiger partial charge in [-0.2, -0.15) is 0 Å². The average Bonchev–Trinajstić information content (AvgIpc) is 3.52. The Morgan fingerprint density at radius 3 is 0.963 bits per heavy atom. The molecule has 6 bridgehead atoms. The molecule has 0 aromatic carbocycles. The van der Waals surface area contributed by atoms with Gasteiger partial charge < -0.3 is 13.7 Å². The fourth-order valence-electron chi connectivity index (χ4n) is 8.98. The van der Waals surface area contributed by atoms with E-state index in [1.165, 1.54) is 77.0 Å². The second kappa shape index (κ2) is 6.28. The van der Waals surface area contributed by atoms with E-state index in [9.17, 15) is 0 Å². The average molecular weight is 366 g/mol. The van der Waals surface area contributed by atoms with E-state index in [4.69, 9.17) is 13.7 Å². The van der Waals surface area contributed by atoms with Gasteiger partial charge in [-0.25, -0.2) is 0 Å². The first kappa shape index (κ1) is 16.8. The van der Waals surface area contributed by atoms with Crippen molar-refractivity contribution in [3.8, 4) is 0 Å². The lowest BCUT2D eigenvalue weighted by Gasteiger charge is -2.42. The van der Waals surface area contributed by atoms with Gasteiger partial charge in [-0.05, 0) is 91.5 Å². The summed E-state index contributed by atoms with van der Waals surface area (Å²) in [6.45, 7) is 0. The molecule has 3 nitrogen and oxygen atoms in total. The van der Waals surface area contributed by atoms with E-state index in [-0.39, 0.29) is 21.4 Å². The van der Waals surface area contributed by atoms with Crippen LogP contribution < -0.4 is 0 Å². The van der Waals surface area contributed by atoms with Crippen LogP contribution in [0, 0.1) is 35.5 Å². The predicted molar refractivity (Wildman–Crippen MR) is 108 cm³/mol. The second-order valence-corrected chi connectivity index (χ2v) is 11.5. The van der Waals surface area contributed by atoms with Crippen molar-refractivity contribution < 1.29 is 13.7 Å². The first-order chi connectivity index (χ1) is 13.3. The Bertz CT molecular complexity index is 518. The summed E-state index contributed by atoms with van der Waals surface area (Å²) in [6, 6.07) is 0. The van der Waals surface area contributed by atoms with Gasteiger partial charge in [0.2, 0.25) is 0 Å². The third-order valence-corrected chi connectivity index (χ3v) is 10.2. The summed E-state index contributed by atoms with van der Waals surface area (Å²) in [5.41, 5.74) is 0. The normalized spacial score (nSPS) is 53.3. The Hall–Kier alpha value is 0.0748. The van der Waals surface area contributed by atoms with Gasteiger partial charge in [-0.3, -0.25) is 0 Å². The van der Waals surface area contributed by atoms with Crippen molar-refractivity contribution in [3.05, 3.63) is 0 Å². The van der Waals surface area contributed by atoms with Crippen LogP contribution in [-0.4, -0.2) is 21.4 Å². The molecular formula is C21H33B3O3. The largest absolute Gasteiger partial charge is 0.452 e. The van der Waals surface area contributed by atoms with E-state index in [0.717, 1.165) is 35.5 Å². The first-order valence-electron chi connectivity index (χ1n) is 12.3. The highest BCUT2D eigenvalue weighted by Crippen LogP contribution is 2.58. The summed E-state index contributed by atoms with van der Waals surface area (Å²) < 4.78 is 20.1. The molecule has 1 aliphatic heterocycles. The molecule has 1 saturated heterocycles. The van der Waals surface area contributed by atoms with Crippen LogP contribution in [0.4, 0.5) is 0 Å². The minimum Gasteiger partial charge on any atom is -0.452 e. The van der Waals surface area contributed by atoms with Gasteiger partial charge in [-0.15, -0.1) is 0 Å². The Balaban J connectivity index is 1.14. The zero-order valence-corrected chi connectivity index (χ0v) is 16.6. The lowest BCUT2D eigenvalue weighted by atomic mass is 9.50. The molecule has 7 aliphatic rings. The minimum absolute atomic E-state index is 0.0299. The van der Waals surface area contributed by atoms with Crippen LogP contribution in [-0.2, 0) is 13.7 Å². The highest BCUT2D eigenvalue weighted by atomic mass is 16.7. The zero-order chi connectivity index (χ0) is 17.5. The van der Waals surface area contributed by atoms with E-state index < -0.39 is 0 Å². The zero-order valence-electron chi connectivity index (χ0n) is 16.6. The maximum absolute atomic E-state index is 6.69. The minimum atomic E-state index is 0.0299. The number of rotatable bonds is 3. The Morgan fingerprint density at radius 1 is 0.407 bits per heavy atom. The van der Waals surface area contributed by atoms with Gasteiger partial charge in [0, 0.05) is 0 Å². The van der Waals surface area contributed by atoms with Crippen LogP contribution in [0.3, 0.4) is 0 Å². The molecule has 7 rings (SSSR count). The highest BCUT2D eigenvalue weighted by Gasteiger charge is 2.59. The van der Waals surface area contributed by atoms with Crippen LogP contribution >= 0.6 is 0 Å². The molecule has 6 saturated carbocycles. The molecular weight excluding hydrogens is 333 g/mol. The van der Waals surface area contributed by atoms with Gasteiger partial charge in [0.05, 0.1) is 0 Å². The Morgan fingerprint density at radius 2 is 0.741 bits per heavy atom. The summed E-state index contributed by atoms with van der Waals surface area (Å²) in [7, 11) is 0.0897. The van der Waals surface area contributed by atoms with Gasteiger partial charge >= 0.3 is 21.4 Å². The molecule has 9 atom stereocenters. The third-order valence-electron chi connectivity index (χ3n) is 10.2. The Labute approximate surface area is 165 Å². The van der Waals surface area contributed by atoms with Crippen LogP contribution in [0.5, 0.6) is 0 Å². The van der Waals surface area contributed by atoms with Crippen molar-refractivity contribution in [2.45, 2.75) is 94.5 Å². The predicted octanol–water partition coefficient (Wildman–Crippen LogP) is 5.09. The van der Waals surface area contributed by atoms with Crippen molar-refractivity contribution in [1.82, 2.24) is 0 Å². The van der Waals surface area contributed by atoms with Crippen molar-refractivity contribution in [2.24, 2.45) is 35.5 Å². The standard InChI is InChI=1S/C21H33B3O3/c1-4-16-7-13(1)10-19(16)22-25-23(20-11-14-2-5-17(20)8-14)27-24(26-22)21-12-15-3-6-18(21)9-15/h13-21H,1-12H2. The molecule has 9 unspecified atom stereocenters. The van der Waals surface area contributed by atoms with E-state index in [2.05, 4.69) is 0 Å². The fourth-order valence-corrected chi connectivity index (χ4v) is 8.98. The van der Waals surface area contributed by atoms with E-state index >= 15 is 0 Å². The van der Waals surface area contributed by atoms with Gasteiger partial charge in [0.15, 0.2) is 0 Å². The molecule has 144 valence electrons. The Kier molecular flexibility index (Phi) is 3.92. The summed E-state index contributed by atoms with van der Waals surface area (Å²) in [5.74, 6) is 7.39. The molecule has 7 fully saturated rings. The molecule has 27 heavy (non-hydrogen) atoms. The lowest BCUT2D eigenvalue weighted by molar-refractivity contribution is 0.224. The van der Waals surface area contributed by atoms with Crippen molar-refractivity contribution in [3.63, 3.8) is 0 Å². The second-order valence-electron chi connectivity index (χ2n) is 11.5. The van der Waals surface area contributed by atoms with Crippen LogP contribution in [0.2, 0.25) is 17.5 Å². The molecule has 0 aromatic rings.